The maximum atomic E-state index is 12.5. The minimum atomic E-state index is -0.630. The number of carbonyl (C=O) groups is 2. The molecule has 7 nitrogen and oxygen atoms in total. The highest BCUT2D eigenvalue weighted by atomic mass is 32.1. The SMILES string of the molecule is Cc1nc(NC(=O)[C@H](C)NC(=O)N2CCN(c3ccccc3)CC2)sc1C. The molecule has 0 saturated carbocycles. The third kappa shape index (κ3) is 4.77. The Hall–Kier alpha value is -2.61. The van der Waals surface area contributed by atoms with Crippen molar-refractivity contribution in [1.29, 1.82) is 0 Å². The molecule has 0 spiro atoms. The molecule has 1 aromatic heterocycles. The number of benzene rings is 1. The maximum absolute atomic E-state index is 12.5. The number of para-hydroxylation sites is 1. The average Bonchev–Trinajstić information content (AvgIpc) is 2.99. The lowest BCUT2D eigenvalue weighted by Gasteiger charge is -2.36. The number of hydrogen-bond acceptors (Lipinski definition) is 5. The molecule has 2 aromatic rings. The van der Waals surface area contributed by atoms with E-state index in [1.165, 1.54) is 17.0 Å². The van der Waals surface area contributed by atoms with E-state index >= 15 is 0 Å². The number of aromatic nitrogens is 1. The molecule has 3 rings (SSSR count). The van der Waals surface area contributed by atoms with Crippen molar-refractivity contribution < 1.29 is 9.59 Å². The van der Waals surface area contributed by atoms with Crippen molar-refractivity contribution in [1.82, 2.24) is 15.2 Å². The molecule has 2 N–H and O–H groups in total. The molecule has 1 aromatic carbocycles. The number of nitrogens with one attached hydrogen (secondary N) is 2. The third-order valence-electron chi connectivity index (χ3n) is 4.68. The fourth-order valence-corrected chi connectivity index (χ4v) is 3.71. The summed E-state index contributed by atoms with van der Waals surface area (Å²) in [6.07, 6.45) is 0. The van der Waals surface area contributed by atoms with Gasteiger partial charge in [0.2, 0.25) is 5.91 Å². The van der Waals surface area contributed by atoms with Gasteiger partial charge in [-0.05, 0) is 32.9 Å². The van der Waals surface area contributed by atoms with Crippen molar-refractivity contribution in [3.63, 3.8) is 0 Å². The van der Waals surface area contributed by atoms with Gasteiger partial charge in [-0.3, -0.25) is 4.79 Å². The van der Waals surface area contributed by atoms with Gasteiger partial charge >= 0.3 is 6.03 Å². The summed E-state index contributed by atoms with van der Waals surface area (Å²) in [6, 6.07) is 9.33. The van der Waals surface area contributed by atoms with E-state index in [4.69, 9.17) is 0 Å². The van der Waals surface area contributed by atoms with Crippen LogP contribution in [0, 0.1) is 13.8 Å². The molecule has 1 atom stereocenters. The number of carbonyl (C=O) groups excluding carboxylic acids is 2. The van der Waals surface area contributed by atoms with Crippen LogP contribution >= 0.6 is 11.3 Å². The molecule has 1 aliphatic rings. The Labute approximate surface area is 163 Å². The Morgan fingerprint density at radius 2 is 1.78 bits per heavy atom. The molecule has 1 aliphatic heterocycles. The summed E-state index contributed by atoms with van der Waals surface area (Å²) in [4.78, 5) is 34.1. The van der Waals surface area contributed by atoms with E-state index in [0.717, 1.165) is 23.7 Å². The van der Waals surface area contributed by atoms with Crippen LogP contribution in [-0.2, 0) is 4.79 Å². The number of nitrogens with zero attached hydrogens (tertiary/aromatic N) is 3. The van der Waals surface area contributed by atoms with Gasteiger partial charge in [0.15, 0.2) is 5.13 Å². The van der Waals surface area contributed by atoms with Crippen LogP contribution in [0.25, 0.3) is 0 Å². The maximum Gasteiger partial charge on any atom is 0.318 e. The minimum Gasteiger partial charge on any atom is -0.368 e. The van der Waals surface area contributed by atoms with E-state index in [-0.39, 0.29) is 11.9 Å². The van der Waals surface area contributed by atoms with Crippen molar-refractivity contribution in [2.24, 2.45) is 0 Å². The van der Waals surface area contributed by atoms with Crippen LogP contribution in [0.2, 0.25) is 0 Å². The van der Waals surface area contributed by atoms with Crippen LogP contribution < -0.4 is 15.5 Å². The fraction of sp³-hybridized carbons (Fsp3) is 0.421. The van der Waals surface area contributed by atoms with E-state index in [9.17, 15) is 9.59 Å². The first-order valence-corrected chi connectivity index (χ1v) is 9.86. The van der Waals surface area contributed by atoms with Gasteiger partial charge in [0.1, 0.15) is 6.04 Å². The summed E-state index contributed by atoms with van der Waals surface area (Å²) in [7, 11) is 0. The molecule has 144 valence electrons. The van der Waals surface area contributed by atoms with Gasteiger partial charge in [-0.2, -0.15) is 0 Å². The average molecular weight is 388 g/mol. The summed E-state index contributed by atoms with van der Waals surface area (Å²) >= 11 is 1.43. The first-order valence-electron chi connectivity index (χ1n) is 9.04. The standard InChI is InChI=1S/C19H25N5O2S/c1-13-15(3)27-18(20-13)22-17(25)14(2)21-19(26)24-11-9-23(10-12-24)16-7-5-4-6-8-16/h4-8,14H,9-12H2,1-3H3,(H,21,26)(H,20,22,25)/t14-/m0/s1. The number of thiazole rings is 1. The van der Waals surface area contributed by atoms with Gasteiger partial charge < -0.3 is 20.4 Å². The number of piperazine rings is 1. The van der Waals surface area contributed by atoms with Gasteiger partial charge in [0.05, 0.1) is 5.69 Å². The van der Waals surface area contributed by atoms with Gasteiger partial charge in [0, 0.05) is 36.7 Å². The van der Waals surface area contributed by atoms with E-state index in [0.29, 0.717) is 18.2 Å². The second-order valence-electron chi connectivity index (χ2n) is 6.63. The monoisotopic (exact) mass is 387 g/mol. The number of rotatable bonds is 4. The van der Waals surface area contributed by atoms with Gasteiger partial charge in [0.25, 0.3) is 0 Å². The lowest BCUT2D eigenvalue weighted by molar-refractivity contribution is -0.117. The third-order valence-corrected chi connectivity index (χ3v) is 5.67. The largest absolute Gasteiger partial charge is 0.368 e. The molecular formula is C19H25N5O2S. The van der Waals surface area contributed by atoms with Gasteiger partial charge in [-0.15, -0.1) is 11.3 Å². The smallest absolute Gasteiger partial charge is 0.318 e. The zero-order chi connectivity index (χ0) is 19.4. The Bertz CT molecular complexity index is 780. The summed E-state index contributed by atoms with van der Waals surface area (Å²) < 4.78 is 0. The van der Waals surface area contributed by atoms with E-state index < -0.39 is 6.04 Å². The molecule has 1 saturated heterocycles. The Kier molecular flexibility index (Phi) is 5.95. The molecule has 8 heteroatoms. The first kappa shape index (κ1) is 19.2. The lowest BCUT2D eigenvalue weighted by atomic mass is 10.2. The molecule has 27 heavy (non-hydrogen) atoms. The molecule has 0 aliphatic carbocycles. The minimum absolute atomic E-state index is 0.211. The molecule has 0 unspecified atom stereocenters. The van der Waals surface area contributed by atoms with E-state index in [1.54, 1.807) is 11.8 Å². The number of hydrogen-bond donors (Lipinski definition) is 2. The summed E-state index contributed by atoms with van der Waals surface area (Å²) in [5.74, 6) is -0.264. The molecule has 1 fully saturated rings. The predicted molar refractivity (Wildman–Crippen MR) is 108 cm³/mol. The Morgan fingerprint density at radius 1 is 1.11 bits per heavy atom. The lowest BCUT2D eigenvalue weighted by Crippen LogP contribution is -2.54. The van der Waals surface area contributed by atoms with Crippen molar-refractivity contribution in [3.8, 4) is 0 Å². The van der Waals surface area contributed by atoms with Gasteiger partial charge in [-0.25, -0.2) is 9.78 Å². The first-order chi connectivity index (χ1) is 12.9. The molecule has 0 radical (unpaired) electrons. The number of aryl methyl sites for hydroxylation is 2. The summed E-state index contributed by atoms with van der Waals surface area (Å²) in [6.45, 7) is 8.34. The van der Waals surface area contributed by atoms with Crippen LogP contribution in [0.4, 0.5) is 15.6 Å². The van der Waals surface area contributed by atoms with Crippen LogP contribution in [0.15, 0.2) is 30.3 Å². The van der Waals surface area contributed by atoms with Crippen molar-refractivity contribution >= 4 is 34.1 Å². The second kappa shape index (κ2) is 8.39. The van der Waals surface area contributed by atoms with Crippen LogP contribution in [0.5, 0.6) is 0 Å². The molecular weight excluding hydrogens is 362 g/mol. The highest BCUT2D eigenvalue weighted by molar-refractivity contribution is 7.15. The topological polar surface area (TPSA) is 77.6 Å². The molecule has 2 heterocycles. The van der Waals surface area contributed by atoms with Gasteiger partial charge in [-0.1, -0.05) is 18.2 Å². The quantitative estimate of drug-likeness (QED) is 0.845. The highest BCUT2D eigenvalue weighted by Gasteiger charge is 2.24. The second-order valence-corrected chi connectivity index (χ2v) is 7.83. The van der Waals surface area contributed by atoms with Crippen LogP contribution in [0.1, 0.15) is 17.5 Å². The molecule has 3 amide bonds. The summed E-state index contributed by atoms with van der Waals surface area (Å²) in [5, 5.41) is 6.11. The normalized spacial score (nSPS) is 15.4. The van der Waals surface area contributed by atoms with E-state index in [1.807, 2.05) is 32.0 Å². The summed E-state index contributed by atoms with van der Waals surface area (Å²) in [5.41, 5.74) is 2.07. The number of anilines is 2. The van der Waals surface area contributed by atoms with Crippen LogP contribution in [-0.4, -0.2) is 54.0 Å². The zero-order valence-electron chi connectivity index (χ0n) is 15.9. The van der Waals surface area contributed by atoms with E-state index in [2.05, 4.69) is 32.7 Å². The highest BCUT2D eigenvalue weighted by Crippen LogP contribution is 2.21. The van der Waals surface area contributed by atoms with Crippen molar-refractivity contribution in [2.45, 2.75) is 26.8 Å². The van der Waals surface area contributed by atoms with Crippen molar-refractivity contribution in [3.05, 3.63) is 40.9 Å². The van der Waals surface area contributed by atoms with Crippen molar-refractivity contribution in [2.75, 3.05) is 36.4 Å². The Balaban J connectivity index is 1.48. The number of urea groups is 1. The fourth-order valence-electron chi connectivity index (χ4n) is 2.89. The predicted octanol–water partition coefficient (Wildman–Crippen LogP) is 2.62. The zero-order valence-corrected chi connectivity index (χ0v) is 16.7. The van der Waals surface area contributed by atoms with Crippen LogP contribution in [0.3, 0.4) is 0 Å². The Morgan fingerprint density at radius 3 is 2.37 bits per heavy atom. The molecule has 0 bridgehead atoms. The number of amides is 3.